The van der Waals surface area contributed by atoms with Crippen LogP contribution in [0.15, 0.2) is 77.7 Å². The first-order chi connectivity index (χ1) is 16.3. The minimum atomic E-state index is -3.99. The van der Waals surface area contributed by atoms with Crippen LogP contribution in [0.25, 0.3) is 0 Å². The van der Waals surface area contributed by atoms with Crippen LogP contribution < -0.4 is 14.5 Å². The lowest BCUT2D eigenvalue weighted by atomic mass is 10.2. The molecule has 1 N–H and O–H groups in total. The van der Waals surface area contributed by atoms with Gasteiger partial charge in [0.25, 0.3) is 10.0 Å². The number of halogens is 1. The molecule has 0 spiro atoms. The van der Waals surface area contributed by atoms with Gasteiger partial charge in [0.1, 0.15) is 6.54 Å². The first-order valence-corrected chi connectivity index (χ1v) is 12.7. The first kappa shape index (κ1) is 24.1. The minimum Gasteiger partial charge on any atom is -0.378 e. The molecule has 1 amide bonds. The molecular weight excluding hydrogens is 474 g/mol. The van der Waals surface area contributed by atoms with Crippen LogP contribution in [0.5, 0.6) is 0 Å². The summed E-state index contributed by atoms with van der Waals surface area (Å²) in [7, 11) is -3.99. The molecule has 0 saturated carbocycles. The van der Waals surface area contributed by atoms with Gasteiger partial charge in [-0.05, 0) is 67.1 Å². The molecule has 1 aliphatic heterocycles. The smallest absolute Gasteiger partial charge is 0.264 e. The van der Waals surface area contributed by atoms with E-state index in [2.05, 4.69) is 10.2 Å². The van der Waals surface area contributed by atoms with Gasteiger partial charge in [0.05, 0.1) is 23.8 Å². The number of carbonyl (C=O) groups excluding carboxylic acids is 1. The maximum Gasteiger partial charge on any atom is 0.264 e. The number of nitrogens with one attached hydrogen (secondary N) is 1. The fraction of sp³-hybridized carbons (Fsp3) is 0.240. The molecule has 7 nitrogen and oxygen atoms in total. The van der Waals surface area contributed by atoms with Crippen molar-refractivity contribution in [2.75, 3.05) is 47.4 Å². The summed E-state index contributed by atoms with van der Waals surface area (Å²) in [4.78, 5) is 15.3. The van der Waals surface area contributed by atoms with Crippen molar-refractivity contribution in [3.63, 3.8) is 0 Å². The van der Waals surface area contributed by atoms with Crippen molar-refractivity contribution >= 4 is 44.6 Å². The number of nitrogens with zero attached hydrogens (tertiary/aromatic N) is 2. The summed E-state index contributed by atoms with van der Waals surface area (Å²) < 4.78 is 33.5. The third-order valence-electron chi connectivity index (χ3n) is 5.57. The molecule has 0 atom stereocenters. The van der Waals surface area contributed by atoms with Gasteiger partial charge < -0.3 is 15.0 Å². The monoisotopic (exact) mass is 499 g/mol. The molecule has 0 radical (unpaired) electrons. The van der Waals surface area contributed by atoms with E-state index in [1.54, 1.807) is 43.3 Å². The van der Waals surface area contributed by atoms with Crippen molar-refractivity contribution in [3.05, 3.63) is 83.4 Å². The summed E-state index contributed by atoms with van der Waals surface area (Å²) >= 11 is 6.08. The van der Waals surface area contributed by atoms with Gasteiger partial charge in [0, 0.05) is 29.5 Å². The predicted octanol–water partition coefficient (Wildman–Crippen LogP) is 4.32. The highest BCUT2D eigenvalue weighted by Crippen LogP contribution is 2.29. The summed E-state index contributed by atoms with van der Waals surface area (Å²) in [5, 5.41) is 3.30. The number of ether oxygens (including phenoxy) is 1. The second kappa shape index (κ2) is 10.5. The molecule has 1 aliphatic rings. The van der Waals surface area contributed by atoms with Crippen molar-refractivity contribution < 1.29 is 17.9 Å². The Kier molecular flexibility index (Phi) is 7.41. The average molecular weight is 500 g/mol. The number of rotatable bonds is 7. The van der Waals surface area contributed by atoms with Crippen LogP contribution in [0.4, 0.5) is 17.1 Å². The zero-order valence-electron chi connectivity index (χ0n) is 18.8. The number of anilines is 3. The van der Waals surface area contributed by atoms with E-state index in [-0.39, 0.29) is 11.4 Å². The number of carbonyl (C=O) groups is 1. The lowest BCUT2D eigenvalue weighted by molar-refractivity contribution is -0.114. The molecule has 3 aromatic rings. The molecule has 0 unspecified atom stereocenters. The highest BCUT2D eigenvalue weighted by molar-refractivity contribution is 7.92. The Morgan fingerprint density at radius 1 is 1.03 bits per heavy atom. The summed E-state index contributed by atoms with van der Waals surface area (Å²) in [6, 6.07) is 20.4. The number of amides is 1. The Morgan fingerprint density at radius 3 is 2.35 bits per heavy atom. The van der Waals surface area contributed by atoms with E-state index in [0.29, 0.717) is 35.2 Å². The summed E-state index contributed by atoms with van der Waals surface area (Å²) in [5.74, 6) is -0.451. The summed E-state index contributed by atoms with van der Waals surface area (Å²) in [6.07, 6.45) is 0. The molecule has 178 valence electrons. The van der Waals surface area contributed by atoms with E-state index < -0.39 is 15.9 Å². The van der Waals surface area contributed by atoms with Crippen molar-refractivity contribution in [2.24, 2.45) is 0 Å². The van der Waals surface area contributed by atoms with Crippen molar-refractivity contribution in [3.8, 4) is 0 Å². The molecule has 34 heavy (non-hydrogen) atoms. The quantitative estimate of drug-likeness (QED) is 0.523. The second-order valence-corrected chi connectivity index (χ2v) is 10.2. The van der Waals surface area contributed by atoms with Crippen LogP contribution >= 0.6 is 11.6 Å². The van der Waals surface area contributed by atoms with Gasteiger partial charge in [-0.1, -0.05) is 29.8 Å². The van der Waals surface area contributed by atoms with Gasteiger partial charge in [-0.2, -0.15) is 0 Å². The number of hydrogen-bond donors (Lipinski definition) is 1. The lowest BCUT2D eigenvalue weighted by Gasteiger charge is -2.29. The Balaban J connectivity index is 1.56. The van der Waals surface area contributed by atoms with Crippen LogP contribution in [-0.4, -0.2) is 47.2 Å². The molecule has 9 heteroatoms. The molecule has 1 fully saturated rings. The molecule has 0 aromatic heterocycles. The van der Waals surface area contributed by atoms with E-state index in [1.165, 1.54) is 12.1 Å². The Hall–Kier alpha value is -3.07. The van der Waals surface area contributed by atoms with Crippen molar-refractivity contribution in [1.29, 1.82) is 0 Å². The standard InChI is InChI=1S/C25H26ClN3O4S/c1-19-17-20(26)7-12-24(19)29(34(31,32)23-5-3-2-4-6-23)18-25(30)27-21-8-10-22(11-9-21)28-13-15-33-16-14-28/h2-12,17H,13-16,18H2,1H3,(H,27,30). The van der Waals surface area contributed by atoms with E-state index in [9.17, 15) is 13.2 Å². The molecule has 1 heterocycles. The van der Waals surface area contributed by atoms with Gasteiger partial charge in [0.15, 0.2) is 0 Å². The number of sulfonamides is 1. The predicted molar refractivity (Wildman–Crippen MR) is 135 cm³/mol. The number of aryl methyl sites for hydroxylation is 1. The zero-order chi connectivity index (χ0) is 24.1. The molecular formula is C25H26ClN3O4S. The maximum atomic E-state index is 13.5. The molecule has 3 aromatic carbocycles. The van der Waals surface area contributed by atoms with Crippen LogP contribution in [-0.2, 0) is 19.6 Å². The number of benzene rings is 3. The molecule has 1 saturated heterocycles. The first-order valence-electron chi connectivity index (χ1n) is 10.9. The van der Waals surface area contributed by atoms with Gasteiger partial charge in [-0.25, -0.2) is 8.42 Å². The Morgan fingerprint density at radius 2 is 1.71 bits per heavy atom. The van der Waals surface area contributed by atoms with E-state index in [1.807, 2.05) is 24.3 Å². The number of hydrogen-bond acceptors (Lipinski definition) is 5. The van der Waals surface area contributed by atoms with E-state index in [0.717, 1.165) is 23.1 Å². The number of morpholine rings is 1. The van der Waals surface area contributed by atoms with Gasteiger partial charge in [0.2, 0.25) is 5.91 Å². The SMILES string of the molecule is Cc1cc(Cl)ccc1N(CC(=O)Nc1ccc(N2CCOCC2)cc1)S(=O)(=O)c1ccccc1. The molecule has 0 aliphatic carbocycles. The van der Waals surface area contributed by atoms with Crippen LogP contribution in [0, 0.1) is 6.92 Å². The summed E-state index contributed by atoms with van der Waals surface area (Å²) in [6.45, 7) is 4.39. The van der Waals surface area contributed by atoms with Crippen LogP contribution in [0.2, 0.25) is 5.02 Å². The van der Waals surface area contributed by atoms with E-state index in [4.69, 9.17) is 16.3 Å². The van der Waals surface area contributed by atoms with Crippen LogP contribution in [0.1, 0.15) is 5.56 Å². The Bertz CT molecular complexity index is 1240. The maximum absolute atomic E-state index is 13.5. The molecule has 0 bridgehead atoms. The highest BCUT2D eigenvalue weighted by Gasteiger charge is 2.28. The topological polar surface area (TPSA) is 79.0 Å². The fourth-order valence-electron chi connectivity index (χ4n) is 3.83. The van der Waals surface area contributed by atoms with Gasteiger partial charge >= 0.3 is 0 Å². The Labute approximate surface area is 205 Å². The van der Waals surface area contributed by atoms with Crippen LogP contribution in [0.3, 0.4) is 0 Å². The van der Waals surface area contributed by atoms with Crippen molar-refractivity contribution in [2.45, 2.75) is 11.8 Å². The van der Waals surface area contributed by atoms with E-state index >= 15 is 0 Å². The lowest BCUT2D eigenvalue weighted by Crippen LogP contribution is -2.38. The van der Waals surface area contributed by atoms with Gasteiger partial charge in [-0.3, -0.25) is 9.10 Å². The minimum absolute atomic E-state index is 0.104. The van der Waals surface area contributed by atoms with Gasteiger partial charge in [-0.15, -0.1) is 0 Å². The van der Waals surface area contributed by atoms with Crippen molar-refractivity contribution in [1.82, 2.24) is 0 Å². The highest BCUT2D eigenvalue weighted by atomic mass is 35.5. The normalized spacial score (nSPS) is 14.0. The fourth-order valence-corrected chi connectivity index (χ4v) is 5.56. The summed E-state index contributed by atoms with van der Waals surface area (Å²) in [5.41, 5.74) is 2.68. The third-order valence-corrected chi connectivity index (χ3v) is 7.58. The average Bonchev–Trinajstić information content (AvgIpc) is 2.84. The largest absolute Gasteiger partial charge is 0.378 e. The third kappa shape index (κ3) is 5.52. The zero-order valence-corrected chi connectivity index (χ0v) is 20.3. The molecule has 4 rings (SSSR count). The second-order valence-electron chi connectivity index (χ2n) is 7.95.